The fourth-order valence-electron chi connectivity index (χ4n) is 1.07. The summed E-state index contributed by atoms with van der Waals surface area (Å²) in [6.07, 6.45) is -1.63. The molecule has 0 aromatic carbocycles. The summed E-state index contributed by atoms with van der Waals surface area (Å²) in [6, 6.07) is 2.71. The van der Waals surface area contributed by atoms with Crippen molar-refractivity contribution in [3.63, 3.8) is 0 Å². The Bertz CT molecular complexity index is 280. The van der Waals surface area contributed by atoms with Crippen molar-refractivity contribution in [3.8, 4) is 0 Å². The molecule has 1 heterocycles. The van der Waals surface area contributed by atoms with E-state index in [0.717, 1.165) is 12.5 Å². The number of nitrogens with zero attached hydrogens (tertiary/aromatic N) is 1. The number of halogens is 3. The van der Waals surface area contributed by atoms with Crippen molar-refractivity contribution in [2.75, 3.05) is 0 Å². The molecule has 4 heteroatoms. The van der Waals surface area contributed by atoms with E-state index in [4.69, 9.17) is 0 Å². The summed E-state index contributed by atoms with van der Waals surface area (Å²) in [6.45, 7) is 1.92. The van der Waals surface area contributed by atoms with Gasteiger partial charge in [0.25, 0.3) is 0 Å². The monoisotopic (exact) mass is 189 g/mol. The predicted molar refractivity (Wildman–Crippen MR) is 43.2 cm³/mol. The third kappa shape index (κ3) is 2.72. The van der Waals surface area contributed by atoms with Gasteiger partial charge >= 0.3 is 6.18 Å². The standard InChI is InChI=1S/C9H10F3N/c1-2-3-7-4-5-13-8(6-7)9(10,11)12/h4-6H,2-3H2,1H3. The Labute approximate surface area is 74.6 Å². The van der Waals surface area contributed by atoms with Crippen molar-refractivity contribution in [2.45, 2.75) is 25.9 Å². The lowest BCUT2D eigenvalue weighted by molar-refractivity contribution is -0.141. The predicted octanol–water partition coefficient (Wildman–Crippen LogP) is 3.05. The Hall–Kier alpha value is -1.06. The van der Waals surface area contributed by atoms with Crippen LogP contribution in [0.15, 0.2) is 18.3 Å². The molecule has 0 unspecified atom stereocenters. The molecule has 0 atom stereocenters. The molecule has 0 aliphatic carbocycles. The molecule has 0 saturated heterocycles. The van der Waals surface area contributed by atoms with Crippen LogP contribution < -0.4 is 0 Å². The quantitative estimate of drug-likeness (QED) is 0.696. The number of hydrogen-bond acceptors (Lipinski definition) is 1. The highest BCUT2D eigenvalue weighted by molar-refractivity contribution is 5.18. The van der Waals surface area contributed by atoms with Crippen LogP contribution in [0.5, 0.6) is 0 Å². The largest absolute Gasteiger partial charge is 0.433 e. The SMILES string of the molecule is CCCc1ccnc(C(F)(F)F)c1. The van der Waals surface area contributed by atoms with Gasteiger partial charge in [0.2, 0.25) is 0 Å². The van der Waals surface area contributed by atoms with Crippen molar-refractivity contribution in [1.82, 2.24) is 4.98 Å². The molecule has 0 fully saturated rings. The van der Waals surface area contributed by atoms with Gasteiger partial charge in [-0.2, -0.15) is 13.2 Å². The minimum atomic E-state index is -4.33. The number of rotatable bonds is 2. The number of aromatic nitrogens is 1. The van der Waals surface area contributed by atoms with Gasteiger partial charge in [-0.1, -0.05) is 13.3 Å². The molecule has 0 spiro atoms. The number of aryl methyl sites for hydroxylation is 1. The lowest BCUT2D eigenvalue weighted by atomic mass is 10.1. The number of pyridine rings is 1. The molecule has 0 saturated carbocycles. The van der Waals surface area contributed by atoms with Gasteiger partial charge in [0, 0.05) is 6.20 Å². The molecule has 0 aliphatic heterocycles. The Morgan fingerprint density at radius 3 is 2.62 bits per heavy atom. The summed E-state index contributed by atoms with van der Waals surface area (Å²) < 4.78 is 36.4. The van der Waals surface area contributed by atoms with E-state index in [0.29, 0.717) is 12.0 Å². The second-order valence-corrected chi connectivity index (χ2v) is 2.80. The highest BCUT2D eigenvalue weighted by Gasteiger charge is 2.32. The van der Waals surface area contributed by atoms with E-state index >= 15 is 0 Å². The van der Waals surface area contributed by atoms with Crippen LogP contribution in [0.3, 0.4) is 0 Å². The molecule has 0 N–H and O–H groups in total. The van der Waals surface area contributed by atoms with Gasteiger partial charge < -0.3 is 0 Å². The van der Waals surface area contributed by atoms with Crippen LogP contribution in [0.4, 0.5) is 13.2 Å². The van der Waals surface area contributed by atoms with Gasteiger partial charge in [-0.3, -0.25) is 4.98 Å². The number of alkyl halides is 3. The van der Waals surface area contributed by atoms with Gasteiger partial charge in [0.05, 0.1) is 0 Å². The van der Waals surface area contributed by atoms with E-state index in [2.05, 4.69) is 4.98 Å². The molecule has 13 heavy (non-hydrogen) atoms. The zero-order chi connectivity index (χ0) is 9.90. The average molecular weight is 189 g/mol. The highest BCUT2D eigenvalue weighted by Crippen LogP contribution is 2.27. The maximum atomic E-state index is 12.1. The molecule has 0 amide bonds. The first kappa shape index (κ1) is 10.0. The topological polar surface area (TPSA) is 12.9 Å². The van der Waals surface area contributed by atoms with Gasteiger partial charge in [-0.25, -0.2) is 0 Å². The third-order valence-corrected chi connectivity index (χ3v) is 1.65. The third-order valence-electron chi connectivity index (χ3n) is 1.65. The first-order valence-electron chi connectivity index (χ1n) is 4.06. The summed E-state index contributed by atoms with van der Waals surface area (Å²) >= 11 is 0. The van der Waals surface area contributed by atoms with E-state index in [1.165, 1.54) is 6.20 Å². The van der Waals surface area contributed by atoms with Crippen LogP contribution in [0, 0.1) is 0 Å². The van der Waals surface area contributed by atoms with Crippen molar-refractivity contribution < 1.29 is 13.2 Å². The lowest BCUT2D eigenvalue weighted by Gasteiger charge is -2.06. The maximum Gasteiger partial charge on any atom is 0.433 e. The molecule has 1 aromatic heterocycles. The van der Waals surface area contributed by atoms with Crippen LogP contribution in [0.25, 0.3) is 0 Å². The van der Waals surface area contributed by atoms with Crippen LogP contribution in [-0.4, -0.2) is 4.98 Å². The second-order valence-electron chi connectivity index (χ2n) is 2.80. The Balaban J connectivity index is 2.92. The Kier molecular flexibility index (Phi) is 2.90. The van der Waals surface area contributed by atoms with Gasteiger partial charge in [0.1, 0.15) is 5.69 Å². The normalized spacial score (nSPS) is 11.7. The summed E-state index contributed by atoms with van der Waals surface area (Å²) in [5.74, 6) is 0. The molecular weight excluding hydrogens is 179 g/mol. The van der Waals surface area contributed by atoms with E-state index < -0.39 is 11.9 Å². The van der Waals surface area contributed by atoms with Crippen molar-refractivity contribution in [2.24, 2.45) is 0 Å². The van der Waals surface area contributed by atoms with Gasteiger partial charge in [0.15, 0.2) is 0 Å². The zero-order valence-corrected chi connectivity index (χ0v) is 7.23. The first-order valence-corrected chi connectivity index (χ1v) is 4.06. The van der Waals surface area contributed by atoms with Crippen molar-refractivity contribution in [3.05, 3.63) is 29.6 Å². The van der Waals surface area contributed by atoms with Gasteiger partial charge in [-0.15, -0.1) is 0 Å². The Morgan fingerprint density at radius 2 is 2.08 bits per heavy atom. The second kappa shape index (κ2) is 3.77. The first-order chi connectivity index (χ1) is 6.04. The molecule has 0 radical (unpaired) electrons. The van der Waals surface area contributed by atoms with Crippen LogP contribution in [-0.2, 0) is 12.6 Å². The fourth-order valence-corrected chi connectivity index (χ4v) is 1.07. The summed E-state index contributed by atoms with van der Waals surface area (Å²) in [4.78, 5) is 3.27. The van der Waals surface area contributed by atoms with Crippen molar-refractivity contribution >= 4 is 0 Å². The van der Waals surface area contributed by atoms with Crippen LogP contribution in [0.1, 0.15) is 24.6 Å². The van der Waals surface area contributed by atoms with E-state index in [9.17, 15) is 13.2 Å². The summed E-state index contributed by atoms with van der Waals surface area (Å²) in [5.41, 5.74) is -0.122. The minimum absolute atomic E-state index is 0.658. The lowest BCUT2D eigenvalue weighted by Crippen LogP contribution is -2.08. The molecule has 72 valence electrons. The molecular formula is C9H10F3N. The van der Waals surface area contributed by atoms with E-state index in [1.807, 2.05) is 6.92 Å². The van der Waals surface area contributed by atoms with Crippen LogP contribution >= 0.6 is 0 Å². The van der Waals surface area contributed by atoms with E-state index in [-0.39, 0.29) is 0 Å². The van der Waals surface area contributed by atoms with Crippen LogP contribution in [0.2, 0.25) is 0 Å². The van der Waals surface area contributed by atoms with Gasteiger partial charge in [-0.05, 0) is 24.1 Å². The molecule has 0 aliphatic rings. The molecule has 1 aromatic rings. The average Bonchev–Trinajstić information content (AvgIpc) is 2.04. The maximum absolute atomic E-state index is 12.1. The summed E-state index contributed by atoms with van der Waals surface area (Å²) in [5, 5.41) is 0. The molecule has 1 rings (SSSR count). The highest BCUT2D eigenvalue weighted by atomic mass is 19.4. The smallest absolute Gasteiger partial charge is 0.252 e. The fraction of sp³-hybridized carbons (Fsp3) is 0.444. The van der Waals surface area contributed by atoms with E-state index in [1.54, 1.807) is 6.07 Å². The molecule has 0 bridgehead atoms. The minimum Gasteiger partial charge on any atom is -0.252 e. The number of hydrogen-bond donors (Lipinski definition) is 0. The van der Waals surface area contributed by atoms with Crippen molar-refractivity contribution in [1.29, 1.82) is 0 Å². The zero-order valence-electron chi connectivity index (χ0n) is 7.23. The summed E-state index contributed by atoms with van der Waals surface area (Å²) in [7, 11) is 0. The molecule has 1 nitrogen and oxygen atoms in total. The Morgan fingerprint density at radius 1 is 1.38 bits per heavy atom.